The molecule has 0 saturated heterocycles. The van der Waals surface area contributed by atoms with Crippen molar-refractivity contribution in [2.24, 2.45) is 17.8 Å². The topological polar surface area (TPSA) is 88.4 Å². The standard InChI is InChI=1S/3C20H19ClF2O2/c3*21-14-3-1-12(2-4-14)10-20-8-7-15(24)9-13(20)11-25-19-17(23)6-5-16(22)18(19)20/h3*1-6,13,15,24H,7-11H2/t3*13-,15+,20+/m110/s1. The summed E-state index contributed by atoms with van der Waals surface area (Å²) in [5, 5.41) is 32.2. The van der Waals surface area contributed by atoms with E-state index < -0.39 is 69.5 Å². The highest BCUT2D eigenvalue weighted by Crippen LogP contribution is 2.56. The lowest BCUT2D eigenvalue weighted by Gasteiger charge is -2.49. The van der Waals surface area contributed by atoms with Gasteiger partial charge in [-0.2, -0.15) is 0 Å². The lowest BCUT2D eigenvalue weighted by atomic mass is 9.58. The SMILES string of the molecule is O[C@@H]1CC[C@]2(Cc3ccc(Cl)cc3)c3c(F)ccc(F)c3OC[C@@H]2C1.O[C@H]1CC[C@@]2(Cc3ccc(Cl)cc3)c3c(F)ccc(F)c3OC[C@H]2C1.O[C@H]1CC[C@@]2(Cc3ccc(Cl)cc3)c3c(F)ccc(F)c3OC[C@H]2C1. The molecule has 75 heavy (non-hydrogen) atoms. The molecule has 3 saturated carbocycles. The third kappa shape index (κ3) is 10.5. The molecular formula is C60H57Cl3F6O6. The van der Waals surface area contributed by atoms with Crippen LogP contribution in [-0.4, -0.2) is 53.5 Å². The number of hydrogen-bond donors (Lipinski definition) is 3. The van der Waals surface area contributed by atoms with Crippen LogP contribution in [0.5, 0.6) is 17.2 Å². The average molecular weight is 1090 g/mol. The van der Waals surface area contributed by atoms with Gasteiger partial charge in [-0.05, 0) is 167 Å². The van der Waals surface area contributed by atoms with Gasteiger partial charge in [-0.15, -0.1) is 0 Å². The van der Waals surface area contributed by atoms with Gasteiger partial charge in [0, 0.05) is 65.8 Å². The Labute approximate surface area is 447 Å². The van der Waals surface area contributed by atoms with E-state index in [4.69, 9.17) is 49.0 Å². The van der Waals surface area contributed by atoms with Gasteiger partial charge >= 0.3 is 0 Å². The Hall–Kier alpha value is -4.95. The van der Waals surface area contributed by atoms with Gasteiger partial charge in [0.1, 0.15) is 17.5 Å². The van der Waals surface area contributed by atoms with Crippen LogP contribution < -0.4 is 14.2 Å². The Morgan fingerprint density at radius 1 is 0.373 bits per heavy atom. The third-order valence-electron chi connectivity index (χ3n) is 17.0. The summed E-state index contributed by atoms with van der Waals surface area (Å²) in [6.45, 7) is 0.869. The molecular weight excluding hydrogens is 1040 g/mol. The molecule has 0 spiro atoms. The molecule has 396 valence electrons. The first kappa shape index (κ1) is 53.4. The monoisotopic (exact) mass is 1090 g/mol. The number of hydrogen-bond acceptors (Lipinski definition) is 6. The van der Waals surface area contributed by atoms with Crippen LogP contribution >= 0.6 is 34.8 Å². The summed E-state index contributed by atoms with van der Waals surface area (Å²) in [5.41, 5.74) is 2.29. The molecule has 0 radical (unpaired) electrons. The van der Waals surface area contributed by atoms with Crippen molar-refractivity contribution in [2.75, 3.05) is 19.8 Å². The number of ether oxygens (including phenoxy) is 3. The summed E-state index contributed by atoms with van der Waals surface area (Å²) in [6, 6.07) is 29.2. The zero-order chi connectivity index (χ0) is 52.8. The molecule has 0 bridgehead atoms. The molecule has 6 aromatic carbocycles. The molecule has 6 nitrogen and oxygen atoms in total. The second kappa shape index (κ2) is 21.8. The lowest BCUT2D eigenvalue weighted by molar-refractivity contribution is 0.00911. The van der Waals surface area contributed by atoms with Crippen LogP contribution in [0.1, 0.15) is 91.2 Å². The number of aliphatic hydroxyl groups excluding tert-OH is 3. The summed E-state index contributed by atoms with van der Waals surface area (Å²) >= 11 is 17.9. The maximum Gasteiger partial charge on any atom is 0.165 e. The van der Waals surface area contributed by atoms with Gasteiger partial charge in [-0.25, -0.2) is 26.3 Å². The Bertz CT molecular complexity index is 2700. The van der Waals surface area contributed by atoms with Crippen LogP contribution in [-0.2, 0) is 35.5 Å². The molecule has 6 aromatic rings. The summed E-state index contributed by atoms with van der Waals surface area (Å²) in [5.74, 6) is -3.00. The molecule has 3 N–H and O–H groups in total. The molecule has 3 heterocycles. The first-order valence-electron chi connectivity index (χ1n) is 25.6. The number of aliphatic hydroxyl groups is 3. The highest BCUT2D eigenvalue weighted by Gasteiger charge is 2.54. The Morgan fingerprint density at radius 3 is 0.867 bits per heavy atom. The molecule has 9 atom stereocenters. The van der Waals surface area contributed by atoms with E-state index in [1.54, 1.807) is 0 Å². The van der Waals surface area contributed by atoms with Crippen LogP contribution in [0.15, 0.2) is 109 Å². The van der Waals surface area contributed by atoms with Crippen LogP contribution in [0.2, 0.25) is 15.1 Å². The average Bonchev–Trinajstić information content (AvgIpc) is 3.40. The van der Waals surface area contributed by atoms with Gasteiger partial charge < -0.3 is 29.5 Å². The summed E-state index contributed by atoms with van der Waals surface area (Å²) < 4.78 is 104. The molecule has 3 aliphatic carbocycles. The van der Waals surface area contributed by atoms with E-state index in [0.29, 0.717) is 109 Å². The first-order chi connectivity index (χ1) is 36.0. The normalized spacial score (nSPS) is 28.0. The number of rotatable bonds is 6. The number of fused-ring (bicyclic) bond motifs is 9. The minimum absolute atomic E-state index is 0.0293. The zero-order valence-corrected chi connectivity index (χ0v) is 43.2. The van der Waals surface area contributed by atoms with Gasteiger partial charge in [-0.1, -0.05) is 71.2 Å². The van der Waals surface area contributed by atoms with Crippen molar-refractivity contribution in [1.29, 1.82) is 0 Å². The van der Waals surface area contributed by atoms with Gasteiger partial charge in [0.25, 0.3) is 0 Å². The number of halogens is 9. The van der Waals surface area contributed by atoms with Crippen molar-refractivity contribution in [3.63, 3.8) is 0 Å². The van der Waals surface area contributed by atoms with Crippen molar-refractivity contribution < 1.29 is 55.9 Å². The third-order valence-corrected chi connectivity index (χ3v) is 17.8. The fourth-order valence-corrected chi connectivity index (χ4v) is 13.8. The fraction of sp³-hybridized carbons (Fsp3) is 0.400. The van der Waals surface area contributed by atoms with E-state index in [-0.39, 0.29) is 54.8 Å². The lowest BCUT2D eigenvalue weighted by Crippen LogP contribution is -2.49. The van der Waals surface area contributed by atoms with E-state index in [0.717, 1.165) is 34.9 Å². The predicted octanol–water partition coefficient (Wildman–Crippen LogP) is 14.0. The van der Waals surface area contributed by atoms with E-state index in [2.05, 4.69) is 0 Å². The van der Waals surface area contributed by atoms with Crippen LogP contribution in [0, 0.1) is 52.7 Å². The van der Waals surface area contributed by atoms with Crippen LogP contribution in [0.25, 0.3) is 0 Å². The summed E-state index contributed by atoms with van der Waals surface area (Å²) in [4.78, 5) is 0. The minimum atomic E-state index is -0.577. The van der Waals surface area contributed by atoms with Gasteiger partial charge in [0.2, 0.25) is 0 Å². The van der Waals surface area contributed by atoms with E-state index >= 15 is 0 Å². The highest BCUT2D eigenvalue weighted by atomic mass is 35.5. The van der Waals surface area contributed by atoms with Gasteiger partial charge in [0.15, 0.2) is 34.7 Å². The van der Waals surface area contributed by atoms with Crippen molar-refractivity contribution in [2.45, 2.75) is 112 Å². The van der Waals surface area contributed by atoms with Crippen molar-refractivity contribution in [1.82, 2.24) is 0 Å². The second-order valence-corrected chi connectivity index (χ2v) is 22.7. The van der Waals surface area contributed by atoms with Crippen LogP contribution in [0.4, 0.5) is 26.3 Å². The maximum absolute atomic E-state index is 14.8. The first-order valence-corrected chi connectivity index (χ1v) is 26.7. The minimum Gasteiger partial charge on any atom is -0.490 e. The zero-order valence-electron chi connectivity index (χ0n) is 40.9. The van der Waals surface area contributed by atoms with Gasteiger partial charge in [0.05, 0.1) is 38.1 Å². The molecule has 12 rings (SSSR count). The van der Waals surface area contributed by atoms with Crippen molar-refractivity contribution >= 4 is 34.8 Å². The fourth-order valence-electron chi connectivity index (χ4n) is 13.4. The van der Waals surface area contributed by atoms with E-state index in [9.17, 15) is 41.7 Å². The van der Waals surface area contributed by atoms with Crippen molar-refractivity contribution in [3.05, 3.63) is 193 Å². The molecule has 15 heteroatoms. The molecule has 3 aliphatic heterocycles. The summed E-state index contributed by atoms with van der Waals surface area (Å²) in [6.07, 6.45) is 5.51. The Morgan fingerprint density at radius 2 is 0.613 bits per heavy atom. The van der Waals surface area contributed by atoms with Crippen molar-refractivity contribution in [3.8, 4) is 17.2 Å². The smallest absolute Gasteiger partial charge is 0.165 e. The Kier molecular flexibility index (Phi) is 15.6. The largest absolute Gasteiger partial charge is 0.490 e. The maximum atomic E-state index is 14.8. The van der Waals surface area contributed by atoms with Gasteiger partial charge in [-0.3, -0.25) is 0 Å². The molecule has 0 aromatic heterocycles. The second-order valence-electron chi connectivity index (χ2n) is 21.4. The molecule has 0 amide bonds. The highest BCUT2D eigenvalue weighted by molar-refractivity contribution is 6.31. The molecule has 0 unspecified atom stereocenters. The van der Waals surface area contributed by atoms with E-state index in [1.807, 2.05) is 72.8 Å². The molecule has 6 aliphatic rings. The van der Waals surface area contributed by atoms with E-state index in [1.165, 1.54) is 18.2 Å². The molecule has 3 fully saturated rings. The summed E-state index contributed by atoms with van der Waals surface area (Å²) in [7, 11) is 0. The number of benzene rings is 6. The quantitative estimate of drug-likeness (QED) is 0.144. The Balaban J connectivity index is 0.000000128. The predicted molar refractivity (Wildman–Crippen MR) is 276 cm³/mol. The van der Waals surface area contributed by atoms with Crippen LogP contribution in [0.3, 0.4) is 0 Å².